The van der Waals surface area contributed by atoms with E-state index in [1.807, 2.05) is 0 Å². The number of nitrogens with two attached hydrogens (primary N) is 5. The number of guanidine groups is 2. The molecule has 244 valence electrons. The lowest BCUT2D eigenvalue weighted by molar-refractivity contribution is -0.132. The fraction of sp³-hybridized carbons (Fsp3) is 0.519. The van der Waals surface area contributed by atoms with Crippen molar-refractivity contribution < 1.29 is 33.4 Å². The lowest BCUT2D eigenvalue weighted by atomic mass is 10.1. The van der Waals surface area contributed by atoms with Gasteiger partial charge < -0.3 is 54.1 Å². The molecule has 4 amide bonds. The summed E-state index contributed by atoms with van der Waals surface area (Å²) in [6.07, 6.45) is 0.901. The predicted molar refractivity (Wildman–Crippen MR) is 163 cm³/mol. The molecule has 17 nitrogen and oxygen atoms in total. The molecule has 1 aromatic rings. The van der Waals surface area contributed by atoms with Crippen molar-refractivity contribution in [3.8, 4) is 5.75 Å². The Morgan fingerprint density at radius 1 is 0.773 bits per heavy atom. The summed E-state index contributed by atoms with van der Waals surface area (Å²) in [6.45, 7) is 1.50. The molecule has 0 spiro atoms. The van der Waals surface area contributed by atoms with Crippen molar-refractivity contribution in [1.82, 2.24) is 16.0 Å². The maximum absolute atomic E-state index is 13.4. The smallest absolute Gasteiger partial charge is 0.338 e. The number of carbonyl (C=O) groups is 5. The Labute approximate surface area is 255 Å². The van der Waals surface area contributed by atoms with Crippen LogP contribution in [-0.2, 0) is 23.9 Å². The Balaban J connectivity index is 3.04. The van der Waals surface area contributed by atoms with Crippen LogP contribution in [0.1, 0.15) is 55.8 Å². The van der Waals surface area contributed by atoms with Gasteiger partial charge in [0, 0.05) is 26.4 Å². The van der Waals surface area contributed by atoms with Gasteiger partial charge in [-0.25, -0.2) is 4.79 Å². The van der Waals surface area contributed by atoms with Gasteiger partial charge in [0.1, 0.15) is 24.4 Å². The molecule has 0 aliphatic carbocycles. The van der Waals surface area contributed by atoms with Gasteiger partial charge >= 0.3 is 5.97 Å². The number of carbonyl (C=O) groups excluding carboxylic acids is 5. The number of methoxy groups -OCH3 is 1. The van der Waals surface area contributed by atoms with E-state index in [9.17, 15) is 24.0 Å². The second kappa shape index (κ2) is 19.9. The molecule has 0 bridgehead atoms. The molecular formula is C27H44N10O7. The van der Waals surface area contributed by atoms with Crippen LogP contribution in [0, 0.1) is 0 Å². The van der Waals surface area contributed by atoms with Crippen LogP contribution >= 0.6 is 0 Å². The Morgan fingerprint density at radius 2 is 1.32 bits per heavy atom. The maximum Gasteiger partial charge on any atom is 0.338 e. The fourth-order valence-electron chi connectivity index (χ4n) is 3.88. The number of primary amides is 1. The van der Waals surface area contributed by atoms with Gasteiger partial charge in [0.05, 0.1) is 18.7 Å². The van der Waals surface area contributed by atoms with Crippen LogP contribution in [0.25, 0.3) is 0 Å². The maximum atomic E-state index is 13.4. The number of amides is 4. The molecular weight excluding hydrogens is 576 g/mol. The average Bonchev–Trinajstić information content (AvgIpc) is 2.96. The van der Waals surface area contributed by atoms with Gasteiger partial charge in [-0.2, -0.15) is 0 Å². The summed E-state index contributed by atoms with van der Waals surface area (Å²) >= 11 is 0. The Kier molecular flexibility index (Phi) is 16.7. The Bertz CT molecular complexity index is 1170. The largest absolute Gasteiger partial charge is 0.497 e. The van der Waals surface area contributed by atoms with E-state index in [0.29, 0.717) is 25.0 Å². The molecule has 0 radical (unpaired) electrons. The van der Waals surface area contributed by atoms with Crippen molar-refractivity contribution in [1.29, 1.82) is 0 Å². The standard InChI is InChI=1S/C27H44N10O7/c1-16(38)35-20(6-4-14-34-27(31)32)24(41)37-21(11-12-22(28)39)23(40)36-18(5-3-13-33-26(29)30)15-44-25(42)17-7-9-19(43-2)10-8-17/h7-10,18,20-21H,3-6,11-15H2,1-2H3,(H2,28,39)(H,35,38)(H,36,40)(H,37,41)(H4,29,30,33)(H4,31,32,34)/t18-,20-,21-/m0/s1. The summed E-state index contributed by atoms with van der Waals surface area (Å²) in [5, 5.41) is 7.87. The Hall–Kier alpha value is -5.09. The molecule has 17 heteroatoms. The van der Waals surface area contributed by atoms with Crippen LogP contribution in [-0.4, -0.2) is 86.4 Å². The van der Waals surface area contributed by atoms with Crippen LogP contribution in [0.5, 0.6) is 5.75 Å². The third kappa shape index (κ3) is 15.8. The number of nitrogens with one attached hydrogen (secondary N) is 3. The highest BCUT2D eigenvalue weighted by Gasteiger charge is 2.28. The van der Waals surface area contributed by atoms with Crippen LogP contribution < -0.4 is 49.4 Å². The monoisotopic (exact) mass is 620 g/mol. The summed E-state index contributed by atoms with van der Waals surface area (Å²) in [6, 6.07) is 3.35. The molecule has 0 saturated carbocycles. The second-order valence-corrected chi connectivity index (χ2v) is 9.75. The van der Waals surface area contributed by atoms with E-state index in [1.54, 1.807) is 12.1 Å². The van der Waals surface area contributed by atoms with Gasteiger partial charge in [-0.05, 0) is 56.4 Å². The van der Waals surface area contributed by atoms with E-state index in [0.717, 1.165) is 0 Å². The fourth-order valence-corrected chi connectivity index (χ4v) is 3.88. The molecule has 0 aliphatic heterocycles. The molecule has 13 N–H and O–H groups in total. The van der Waals surface area contributed by atoms with E-state index < -0.39 is 47.7 Å². The normalized spacial score (nSPS) is 12.4. The van der Waals surface area contributed by atoms with Gasteiger partial charge in [-0.15, -0.1) is 0 Å². The quantitative estimate of drug-likeness (QED) is 0.0332. The molecule has 1 rings (SSSR count). The van der Waals surface area contributed by atoms with Gasteiger partial charge in [-0.3, -0.25) is 29.2 Å². The first-order valence-corrected chi connectivity index (χ1v) is 13.9. The van der Waals surface area contributed by atoms with Crippen LogP contribution in [0.4, 0.5) is 0 Å². The number of ether oxygens (including phenoxy) is 2. The lowest BCUT2D eigenvalue weighted by Crippen LogP contribution is -2.55. The third-order valence-electron chi connectivity index (χ3n) is 6.04. The minimum Gasteiger partial charge on any atom is -0.497 e. The zero-order chi connectivity index (χ0) is 33.1. The molecule has 0 unspecified atom stereocenters. The molecule has 3 atom stereocenters. The second-order valence-electron chi connectivity index (χ2n) is 9.75. The van der Waals surface area contributed by atoms with Gasteiger partial charge in [0.2, 0.25) is 23.6 Å². The molecule has 0 aromatic heterocycles. The van der Waals surface area contributed by atoms with Crippen LogP contribution in [0.2, 0.25) is 0 Å². The number of esters is 1. The van der Waals surface area contributed by atoms with Crippen molar-refractivity contribution in [2.45, 2.75) is 63.6 Å². The summed E-state index contributed by atoms with van der Waals surface area (Å²) in [5.41, 5.74) is 27.0. The van der Waals surface area contributed by atoms with E-state index in [2.05, 4.69) is 25.9 Å². The summed E-state index contributed by atoms with van der Waals surface area (Å²) in [5.74, 6) is -2.76. The highest BCUT2D eigenvalue weighted by molar-refractivity contribution is 5.92. The average molecular weight is 621 g/mol. The van der Waals surface area contributed by atoms with E-state index >= 15 is 0 Å². The van der Waals surface area contributed by atoms with Crippen molar-refractivity contribution >= 4 is 41.5 Å². The molecule has 0 saturated heterocycles. The number of hydrogen-bond donors (Lipinski definition) is 8. The number of hydrogen-bond acceptors (Lipinski definition) is 9. The summed E-state index contributed by atoms with van der Waals surface area (Å²) in [4.78, 5) is 70.1. The first kappa shape index (κ1) is 36.9. The van der Waals surface area contributed by atoms with Crippen LogP contribution in [0.15, 0.2) is 34.3 Å². The lowest BCUT2D eigenvalue weighted by Gasteiger charge is -2.25. The van der Waals surface area contributed by atoms with Crippen molar-refractivity contribution in [3.63, 3.8) is 0 Å². The molecule has 0 heterocycles. The molecule has 1 aromatic carbocycles. The molecule has 44 heavy (non-hydrogen) atoms. The minimum atomic E-state index is -1.21. The SMILES string of the molecule is COc1ccc(C(=O)OC[C@H](CCCN=C(N)N)NC(=O)[C@H](CCC(N)=O)NC(=O)[C@H](CCCN=C(N)N)NC(C)=O)cc1. The van der Waals surface area contributed by atoms with Crippen molar-refractivity contribution in [2.24, 2.45) is 38.7 Å². The minimum absolute atomic E-state index is 0.0993. The molecule has 0 fully saturated rings. The van der Waals surface area contributed by atoms with Gasteiger partial charge in [-0.1, -0.05) is 0 Å². The first-order valence-electron chi connectivity index (χ1n) is 13.9. The Morgan fingerprint density at radius 3 is 1.84 bits per heavy atom. The number of rotatable bonds is 20. The van der Waals surface area contributed by atoms with Gasteiger partial charge in [0.25, 0.3) is 0 Å². The summed E-state index contributed by atoms with van der Waals surface area (Å²) < 4.78 is 10.5. The summed E-state index contributed by atoms with van der Waals surface area (Å²) in [7, 11) is 1.50. The highest BCUT2D eigenvalue weighted by Crippen LogP contribution is 2.13. The number of aliphatic imine (C=N–C) groups is 2. The highest BCUT2D eigenvalue weighted by atomic mass is 16.5. The predicted octanol–water partition coefficient (Wildman–Crippen LogP) is -2.30. The number of benzene rings is 1. The number of nitrogens with zero attached hydrogens (tertiary/aromatic N) is 2. The first-order chi connectivity index (χ1) is 20.8. The van der Waals surface area contributed by atoms with Crippen molar-refractivity contribution in [3.05, 3.63) is 29.8 Å². The van der Waals surface area contributed by atoms with Gasteiger partial charge in [0.15, 0.2) is 11.9 Å². The zero-order valence-corrected chi connectivity index (χ0v) is 25.0. The third-order valence-corrected chi connectivity index (χ3v) is 6.04. The van der Waals surface area contributed by atoms with Crippen molar-refractivity contribution in [2.75, 3.05) is 26.8 Å². The van der Waals surface area contributed by atoms with E-state index in [-0.39, 0.29) is 56.4 Å². The molecule has 0 aliphatic rings. The van der Waals surface area contributed by atoms with E-state index in [1.165, 1.54) is 26.2 Å². The topological polar surface area (TPSA) is 295 Å². The zero-order valence-electron chi connectivity index (χ0n) is 25.0. The van der Waals surface area contributed by atoms with E-state index in [4.69, 9.17) is 38.1 Å². The van der Waals surface area contributed by atoms with Crippen LogP contribution in [0.3, 0.4) is 0 Å².